The monoisotopic (exact) mass is 532 g/mol. The number of ether oxygens (including phenoxy) is 1. The van der Waals surface area contributed by atoms with E-state index in [9.17, 15) is 14.0 Å². The van der Waals surface area contributed by atoms with Gasteiger partial charge in [-0.15, -0.1) is 0 Å². The Morgan fingerprint density at radius 2 is 1.74 bits per heavy atom. The van der Waals surface area contributed by atoms with Gasteiger partial charge in [-0.05, 0) is 66.8 Å². The number of anilines is 1. The number of halogens is 2. The Hall–Kier alpha value is -4.04. The number of carbonyl (C=O) groups excluding carboxylic acids is 2. The molecule has 1 aliphatic rings. The molecule has 0 unspecified atom stereocenters. The van der Waals surface area contributed by atoms with E-state index in [1.54, 1.807) is 24.5 Å². The van der Waals surface area contributed by atoms with E-state index in [0.29, 0.717) is 35.8 Å². The molecule has 0 radical (unpaired) electrons. The van der Waals surface area contributed by atoms with Gasteiger partial charge in [-0.25, -0.2) is 4.39 Å². The highest BCUT2D eigenvalue weighted by molar-refractivity contribution is 6.31. The Morgan fingerprint density at radius 1 is 1.03 bits per heavy atom. The Kier molecular flexibility index (Phi) is 7.51. The highest BCUT2D eigenvalue weighted by atomic mass is 35.5. The molecule has 2 heterocycles. The molecular weight excluding hydrogens is 507 g/mol. The van der Waals surface area contributed by atoms with E-state index in [-0.39, 0.29) is 34.6 Å². The molecule has 1 saturated heterocycles. The molecular formula is C29H26ClFN4O3. The first kappa shape index (κ1) is 25.6. The number of aromatic nitrogens is 2. The number of hydrogen-bond acceptors (Lipinski definition) is 5. The first-order valence-electron chi connectivity index (χ1n) is 12.3. The topological polar surface area (TPSA) is 84.4 Å². The van der Waals surface area contributed by atoms with Crippen molar-refractivity contribution in [2.75, 3.05) is 25.5 Å². The summed E-state index contributed by atoms with van der Waals surface area (Å²) in [6.07, 6.45) is 4.74. The predicted octanol–water partition coefficient (Wildman–Crippen LogP) is 5.63. The van der Waals surface area contributed by atoms with Crippen molar-refractivity contribution in [3.63, 3.8) is 0 Å². The summed E-state index contributed by atoms with van der Waals surface area (Å²) >= 11 is 6.09. The van der Waals surface area contributed by atoms with Crippen LogP contribution in [0.25, 0.3) is 11.0 Å². The molecule has 194 valence electrons. The zero-order chi connectivity index (χ0) is 26.6. The van der Waals surface area contributed by atoms with E-state index >= 15 is 0 Å². The van der Waals surface area contributed by atoms with Gasteiger partial charge in [-0.3, -0.25) is 19.6 Å². The van der Waals surface area contributed by atoms with Crippen LogP contribution in [0.4, 0.5) is 10.1 Å². The second-order valence-corrected chi connectivity index (χ2v) is 9.62. The summed E-state index contributed by atoms with van der Waals surface area (Å²) in [5.41, 5.74) is 3.95. The van der Waals surface area contributed by atoms with E-state index < -0.39 is 5.82 Å². The lowest BCUT2D eigenvalue weighted by Crippen LogP contribution is -2.37. The fourth-order valence-corrected chi connectivity index (χ4v) is 5.01. The maximum atomic E-state index is 14.5. The van der Waals surface area contributed by atoms with Crippen LogP contribution in [0, 0.1) is 5.82 Å². The quantitative estimate of drug-likeness (QED) is 0.348. The van der Waals surface area contributed by atoms with Gasteiger partial charge in [0.05, 0.1) is 24.6 Å². The minimum absolute atomic E-state index is 0.00152. The van der Waals surface area contributed by atoms with Crippen molar-refractivity contribution in [1.29, 1.82) is 0 Å². The highest BCUT2D eigenvalue weighted by Gasteiger charge is 2.25. The molecule has 0 spiro atoms. The first-order chi connectivity index (χ1) is 18.4. The van der Waals surface area contributed by atoms with Crippen molar-refractivity contribution in [3.05, 3.63) is 94.5 Å². The Labute approximate surface area is 224 Å². The molecule has 0 atom stereocenters. The van der Waals surface area contributed by atoms with E-state index in [2.05, 4.69) is 15.3 Å². The number of carbonyl (C=O) groups is 2. The number of benzene rings is 3. The van der Waals surface area contributed by atoms with Crippen molar-refractivity contribution in [2.24, 2.45) is 0 Å². The predicted molar refractivity (Wildman–Crippen MR) is 144 cm³/mol. The van der Waals surface area contributed by atoms with Crippen molar-refractivity contribution >= 4 is 40.1 Å². The molecule has 38 heavy (non-hydrogen) atoms. The van der Waals surface area contributed by atoms with Crippen LogP contribution in [0.1, 0.15) is 40.2 Å². The summed E-state index contributed by atoms with van der Waals surface area (Å²) in [6.45, 7) is 1.32. The van der Waals surface area contributed by atoms with Crippen LogP contribution in [0.3, 0.4) is 0 Å². The Bertz CT molecular complexity index is 1490. The molecule has 0 bridgehead atoms. The maximum Gasteiger partial charge on any atom is 0.253 e. The van der Waals surface area contributed by atoms with Crippen molar-refractivity contribution in [2.45, 2.75) is 25.2 Å². The lowest BCUT2D eigenvalue weighted by molar-refractivity contribution is -0.115. The summed E-state index contributed by atoms with van der Waals surface area (Å²) in [5, 5.41) is 2.97. The number of piperidine rings is 1. The Morgan fingerprint density at radius 3 is 2.45 bits per heavy atom. The fraction of sp³-hybridized carbons (Fsp3) is 0.241. The van der Waals surface area contributed by atoms with Gasteiger partial charge in [-0.2, -0.15) is 0 Å². The van der Waals surface area contributed by atoms with Crippen LogP contribution in [-0.2, 0) is 11.2 Å². The molecule has 4 aromatic rings. The molecule has 2 amide bonds. The van der Waals surface area contributed by atoms with Crippen molar-refractivity contribution in [3.8, 4) is 5.75 Å². The average molecular weight is 533 g/mol. The summed E-state index contributed by atoms with van der Waals surface area (Å²) in [5.74, 6) is -0.652. The van der Waals surface area contributed by atoms with Gasteiger partial charge in [0.2, 0.25) is 5.91 Å². The Balaban J connectivity index is 1.17. The molecule has 0 aliphatic carbocycles. The van der Waals surface area contributed by atoms with Gasteiger partial charge in [0.15, 0.2) is 11.6 Å². The number of methoxy groups -OCH3 is 1. The van der Waals surface area contributed by atoms with Crippen molar-refractivity contribution < 1.29 is 18.7 Å². The van der Waals surface area contributed by atoms with E-state index in [1.165, 1.54) is 19.2 Å². The van der Waals surface area contributed by atoms with E-state index in [4.69, 9.17) is 16.3 Å². The summed E-state index contributed by atoms with van der Waals surface area (Å²) < 4.78 is 19.5. The zero-order valence-electron chi connectivity index (χ0n) is 20.8. The SMILES string of the molecule is COc1ccc(Cl)c(CC(=O)Nc2ccc(C3CCN(C(=O)c4ccc5nccnc5c4)CC3)cc2)c1F. The standard InChI is InChI=1S/C29H26ClFN4O3/c1-38-26-9-7-23(30)22(28(26)31)17-27(36)34-21-5-2-18(3-6-21)19-10-14-35(15-11-19)29(37)20-4-8-24-25(16-20)33-13-12-32-24/h2-9,12-13,16,19H,10-11,14-15,17H2,1H3,(H,34,36). The van der Waals surface area contributed by atoms with Crippen LogP contribution in [-0.4, -0.2) is 46.9 Å². The van der Waals surface area contributed by atoms with Crippen LogP contribution < -0.4 is 10.1 Å². The first-order valence-corrected chi connectivity index (χ1v) is 12.7. The highest BCUT2D eigenvalue weighted by Crippen LogP contribution is 2.30. The minimum Gasteiger partial charge on any atom is -0.494 e. The van der Waals surface area contributed by atoms with E-state index in [1.807, 2.05) is 35.2 Å². The normalized spacial score (nSPS) is 13.9. The van der Waals surface area contributed by atoms with Crippen LogP contribution in [0.2, 0.25) is 5.02 Å². The second-order valence-electron chi connectivity index (χ2n) is 9.22. The van der Waals surface area contributed by atoms with Gasteiger partial charge in [0.1, 0.15) is 0 Å². The van der Waals surface area contributed by atoms with Gasteiger partial charge in [-0.1, -0.05) is 23.7 Å². The van der Waals surface area contributed by atoms with Crippen molar-refractivity contribution in [1.82, 2.24) is 14.9 Å². The van der Waals surface area contributed by atoms with E-state index in [0.717, 1.165) is 23.9 Å². The summed E-state index contributed by atoms with van der Waals surface area (Å²) in [6, 6.07) is 16.0. The number of nitrogens with zero attached hydrogens (tertiary/aromatic N) is 3. The van der Waals surface area contributed by atoms with Gasteiger partial charge in [0, 0.05) is 47.3 Å². The van der Waals surface area contributed by atoms with Crippen LogP contribution in [0.15, 0.2) is 67.0 Å². The molecule has 7 nitrogen and oxygen atoms in total. The van der Waals surface area contributed by atoms with Gasteiger partial charge in [0.25, 0.3) is 5.91 Å². The maximum absolute atomic E-state index is 14.5. The number of rotatable bonds is 6. The molecule has 1 aromatic heterocycles. The number of likely N-dealkylation sites (tertiary alicyclic amines) is 1. The third-order valence-electron chi connectivity index (χ3n) is 6.87. The summed E-state index contributed by atoms with van der Waals surface area (Å²) in [4.78, 5) is 36.0. The number of amides is 2. The molecule has 1 fully saturated rings. The third-order valence-corrected chi connectivity index (χ3v) is 7.23. The lowest BCUT2D eigenvalue weighted by atomic mass is 9.89. The molecule has 9 heteroatoms. The number of hydrogen-bond donors (Lipinski definition) is 1. The molecule has 0 saturated carbocycles. The third kappa shape index (κ3) is 5.45. The average Bonchev–Trinajstić information content (AvgIpc) is 2.95. The zero-order valence-corrected chi connectivity index (χ0v) is 21.5. The van der Waals surface area contributed by atoms with Crippen LogP contribution in [0.5, 0.6) is 5.75 Å². The van der Waals surface area contributed by atoms with Crippen LogP contribution >= 0.6 is 11.6 Å². The number of nitrogens with one attached hydrogen (secondary N) is 1. The largest absolute Gasteiger partial charge is 0.494 e. The second kappa shape index (κ2) is 11.1. The lowest BCUT2D eigenvalue weighted by Gasteiger charge is -2.32. The molecule has 5 rings (SSSR count). The molecule has 1 N–H and O–H groups in total. The fourth-order valence-electron chi connectivity index (χ4n) is 4.80. The molecule has 3 aromatic carbocycles. The van der Waals surface area contributed by atoms with Gasteiger partial charge < -0.3 is 15.0 Å². The minimum atomic E-state index is -0.635. The number of fused-ring (bicyclic) bond motifs is 1. The molecule has 1 aliphatic heterocycles. The smallest absolute Gasteiger partial charge is 0.253 e. The summed E-state index contributed by atoms with van der Waals surface area (Å²) in [7, 11) is 1.36. The van der Waals surface area contributed by atoms with Gasteiger partial charge >= 0.3 is 0 Å².